The zero-order chi connectivity index (χ0) is 22.7. The number of rotatable bonds is 8. The molecule has 1 atom stereocenters. The molecule has 2 aromatic carbocycles. The van der Waals surface area contributed by atoms with E-state index in [2.05, 4.69) is 5.32 Å². The molecule has 8 heteroatoms. The summed E-state index contributed by atoms with van der Waals surface area (Å²) in [6.07, 6.45) is 0.294. The number of imide groups is 1. The third-order valence-corrected chi connectivity index (χ3v) is 6.05. The number of fused-ring (bicyclic) bond motifs is 1. The molecule has 0 spiro atoms. The predicted molar refractivity (Wildman–Crippen MR) is 120 cm³/mol. The second-order valence-corrected chi connectivity index (χ2v) is 8.74. The van der Waals surface area contributed by atoms with Crippen molar-refractivity contribution < 1.29 is 24.3 Å². The number of aliphatic carboxylic acids is 1. The van der Waals surface area contributed by atoms with E-state index in [1.54, 1.807) is 17.8 Å². The number of amides is 3. The van der Waals surface area contributed by atoms with Crippen molar-refractivity contribution in [2.24, 2.45) is 0 Å². The minimum Gasteiger partial charge on any atom is -0.480 e. The molecule has 0 saturated heterocycles. The first-order valence-corrected chi connectivity index (χ1v) is 11.1. The average Bonchev–Trinajstić information content (AvgIpc) is 2.98. The zero-order valence-corrected chi connectivity index (χ0v) is 18.4. The first-order valence-electron chi connectivity index (χ1n) is 9.96. The summed E-state index contributed by atoms with van der Waals surface area (Å²) in [6.45, 7) is 5.67. The molecule has 1 heterocycles. The van der Waals surface area contributed by atoms with Crippen LogP contribution < -0.4 is 10.2 Å². The van der Waals surface area contributed by atoms with Gasteiger partial charge in [0.15, 0.2) is 0 Å². The highest BCUT2D eigenvalue weighted by atomic mass is 32.2. The van der Waals surface area contributed by atoms with Crippen molar-refractivity contribution in [2.45, 2.75) is 33.2 Å². The van der Waals surface area contributed by atoms with E-state index in [4.69, 9.17) is 0 Å². The molecule has 0 bridgehead atoms. The van der Waals surface area contributed by atoms with Gasteiger partial charge in [0.25, 0.3) is 17.7 Å². The van der Waals surface area contributed by atoms with E-state index in [1.807, 2.05) is 32.9 Å². The summed E-state index contributed by atoms with van der Waals surface area (Å²) in [6, 6.07) is 8.73. The smallest absolute Gasteiger partial charge is 0.326 e. The number of hydrogen-bond acceptors (Lipinski definition) is 5. The lowest BCUT2D eigenvalue weighted by Gasteiger charge is -2.17. The molecule has 0 aliphatic carbocycles. The van der Waals surface area contributed by atoms with Gasteiger partial charge in [0.05, 0.1) is 16.8 Å². The fourth-order valence-corrected chi connectivity index (χ4v) is 4.10. The molecule has 2 N–H and O–H groups in total. The van der Waals surface area contributed by atoms with Crippen LogP contribution in [0, 0.1) is 13.8 Å². The SMILES string of the molecule is CCSCCC(NC(=O)c1ccc2c(c1)C(=O)N(c1cc(C)ccc1C)C2=O)C(=O)O. The second-order valence-electron chi connectivity index (χ2n) is 7.35. The Morgan fingerprint density at radius 1 is 1.06 bits per heavy atom. The Morgan fingerprint density at radius 2 is 1.77 bits per heavy atom. The van der Waals surface area contributed by atoms with Gasteiger partial charge in [0.2, 0.25) is 0 Å². The summed E-state index contributed by atoms with van der Waals surface area (Å²) in [5, 5.41) is 11.9. The molecule has 3 rings (SSSR count). The van der Waals surface area contributed by atoms with Gasteiger partial charge in [-0.05, 0) is 67.2 Å². The minimum absolute atomic E-state index is 0.131. The van der Waals surface area contributed by atoms with E-state index in [0.29, 0.717) is 17.9 Å². The topological polar surface area (TPSA) is 104 Å². The fourth-order valence-electron chi connectivity index (χ4n) is 3.41. The molecular formula is C23H24N2O5S. The van der Waals surface area contributed by atoms with Gasteiger partial charge in [-0.1, -0.05) is 19.1 Å². The molecule has 2 aromatic rings. The van der Waals surface area contributed by atoms with Crippen molar-refractivity contribution in [1.29, 1.82) is 0 Å². The molecule has 0 radical (unpaired) electrons. The molecule has 0 aromatic heterocycles. The van der Waals surface area contributed by atoms with Gasteiger partial charge in [0, 0.05) is 5.56 Å². The number of nitrogens with zero attached hydrogens (tertiary/aromatic N) is 1. The molecule has 1 unspecified atom stereocenters. The number of thioether (sulfide) groups is 1. The molecular weight excluding hydrogens is 416 g/mol. The number of benzene rings is 2. The third-order valence-electron chi connectivity index (χ3n) is 5.11. The lowest BCUT2D eigenvalue weighted by molar-refractivity contribution is -0.139. The van der Waals surface area contributed by atoms with Crippen molar-refractivity contribution in [3.63, 3.8) is 0 Å². The summed E-state index contributed by atoms with van der Waals surface area (Å²) in [5.41, 5.74) is 2.70. The van der Waals surface area contributed by atoms with Crippen LogP contribution in [0.15, 0.2) is 36.4 Å². The lowest BCUT2D eigenvalue weighted by atomic mass is 10.0. The quantitative estimate of drug-likeness (QED) is 0.481. The predicted octanol–water partition coefficient (Wildman–Crippen LogP) is 3.43. The van der Waals surface area contributed by atoms with E-state index in [0.717, 1.165) is 21.8 Å². The molecule has 31 heavy (non-hydrogen) atoms. The van der Waals surface area contributed by atoms with E-state index in [9.17, 15) is 24.3 Å². The van der Waals surface area contributed by atoms with Crippen LogP contribution in [0.2, 0.25) is 0 Å². The summed E-state index contributed by atoms with van der Waals surface area (Å²) in [5.74, 6) is -1.19. The number of hydrogen-bond donors (Lipinski definition) is 2. The van der Waals surface area contributed by atoms with Crippen LogP contribution >= 0.6 is 11.8 Å². The lowest BCUT2D eigenvalue weighted by Crippen LogP contribution is -2.41. The summed E-state index contributed by atoms with van der Waals surface area (Å²) < 4.78 is 0. The van der Waals surface area contributed by atoms with E-state index in [1.165, 1.54) is 18.2 Å². The Hall–Kier alpha value is -3.13. The van der Waals surface area contributed by atoms with Crippen molar-refractivity contribution >= 4 is 41.1 Å². The monoisotopic (exact) mass is 440 g/mol. The molecule has 162 valence electrons. The fraction of sp³-hybridized carbons (Fsp3) is 0.304. The van der Waals surface area contributed by atoms with Crippen LogP contribution in [0.5, 0.6) is 0 Å². The van der Waals surface area contributed by atoms with Gasteiger partial charge in [-0.3, -0.25) is 14.4 Å². The number of carbonyl (C=O) groups excluding carboxylic acids is 3. The van der Waals surface area contributed by atoms with E-state index >= 15 is 0 Å². The van der Waals surface area contributed by atoms with Crippen LogP contribution in [0.3, 0.4) is 0 Å². The zero-order valence-electron chi connectivity index (χ0n) is 17.6. The highest BCUT2D eigenvalue weighted by Gasteiger charge is 2.38. The van der Waals surface area contributed by atoms with Gasteiger partial charge in [-0.2, -0.15) is 11.8 Å². The van der Waals surface area contributed by atoms with Gasteiger partial charge in [0.1, 0.15) is 6.04 Å². The van der Waals surface area contributed by atoms with Crippen molar-refractivity contribution in [3.8, 4) is 0 Å². The Morgan fingerprint density at radius 3 is 2.45 bits per heavy atom. The number of anilines is 1. The Kier molecular flexibility index (Phi) is 6.80. The van der Waals surface area contributed by atoms with E-state index in [-0.39, 0.29) is 16.7 Å². The summed E-state index contributed by atoms with van der Waals surface area (Å²) in [4.78, 5) is 51.2. The minimum atomic E-state index is -1.11. The van der Waals surface area contributed by atoms with E-state index < -0.39 is 29.7 Å². The summed E-state index contributed by atoms with van der Waals surface area (Å²) in [7, 11) is 0. The maximum Gasteiger partial charge on any atom is 0.326 e. The highest BCUT2D eigenvalue weighted by molar-refractivity contribution is 7.99. The van der Waals surface area contributed by atoms with Gasteiger partial charge in [-0.15, -0.1) is 0 Å². The first-order chi connectivity index (χ1) is 14.7. The number of carboxylic acid groups (broad SMARTS) is 1. The van der Waals surface area contributed by atoms with Crippen LogP contribution in [0.4, 0.5) is 5.69 Å². The number of carbonyl (C=O) groups is 4. The van der Waals surface area contributed by atoms with Crippen molar-refractivity contribution in [2.75, 3.05) is 16.4 Å². The molecule has 7 nitrogen and oxygen atoms in total. The molecule has 0 saturated carbocycles. The van der Waals surface area contributed by atoms with Crippen LogP contribution in [-0.2, 0) is 4.79 Å². The van der Waals surface area contributed by atoms with Crippen LogP contribution in [0.1, 0.15) is 55.5 Å². The Labute approximate surface area is 184 Å². The normalized spacial score (nSPS) is 13.8. The maximum absolute atomic E-state index is 13.0. The maximum atomic E-state index is 13.0. The van der Waals surface area contributed by atoms with Crippen molar-refractivity contribution in [3.05, 3.63) is 64.2 Å². The average molecular weight is 441 g/mol. The van der Waals surface area contributed by atoms with Gasteiger partial charge in [-0.25, -0.2) is 9.69 Å². The Bertz CT molecular complexity index is 1070. The number of aryl methyl sites for hydroxylation is 2. The molecule has 0 fully saturated rings. The molecule has 3 amide bonds. The highest BCUT2D eigenvalue weighted by Crippen LogP contribution is 2.31. The number of carboxylic acids is 1. The largest absolute Gasteiger partial charge is 0.480 e. The summed E-state index contributed by atoms with van der Waals surface area (Å²) >= 11 is 1.59. The van der Waals surface area contributed by atoms with Crippen molar-refractivity contribution in [1.82, 2.24) is 5.32 Å². The Balaban J connectivity index is 1.85. The molecule has 1 aliphatic rings. The molecule has 1 aliphatic heterocycles. The van der Waals surface area contributed by atoms with Gasteiger partial charge >= 0.3 is 5.97 Å². The van der Waals surface area contributed by atoms with Crippen LogP contribution in [0.25, 0.3) is 0 Å². The number of nitrogens with one attached hydrogen (secondary N) is 1. The van der Waals surface area contributed by atoms with Crippen LogP contribution in [-0.4, -0.2) is 46.3 Å². The standard InChI is InChI=1S/C23H24N2O5S/c1-4-31-10-9-18(23(29)30)24-20(26)15-7-8-16-17(12-15)22(28)25(21(16)27)19-11-13(2)5-6-14(19)3/h5-8,11-12,18H,4,9-10H2,1-3H3,(H,24,26)(H,29,30). The third kappa shape index (κ3) is 4.64. The second kappa shape index (κ2) is 9.34. The first kappa shape index (κ1) is 22.6. The van der Waals surface area contributed by atoms with Gasteiger partial charge < -0.3 is 10.4 Å².